The number of hydrogen-bond donors (Lipinski definition) is 1. The molecule has 174 valence electrons. The van der Waals surface area contributed by atoms with Gasteiger partial charge in [0.05, 0.1) is 65.7 Å². The Morgan fingerprint density at radius 1 is 1.32 bits per heavy atom. The van der Waals surface area contributed by atoms with Gasteiger partial charge in [-0.25, -0.2) is 9.78 Å². The maximum atomic E-state index is 13.5. The van der Waals surface area contributed by atoms with Crippen molar-refractivity contribution in [2.45, 2.75) is 18.6 Å². The van der Waals surface area contributed by atoms with Crippen LogP contribution in [0.4, 0.5) is 0 Å². The molecule has 2 unspecified atom stereocenters. The number of aromatic nitrogens is 4. The monoisotopic (exact) mass is 497 g/mol. The molecule has 1 aliphatic heterocycles. The van der Waals surface area contributed by atoms with Crippen LogP contribution in [0.3, 0.4) is 0 Å². The molecule has 1 aliphatic rings. The van der Waals surface area contributed by atoms with Crippen LogP contribution in [0.5, 0.6) is 0 Å². The summed E-state index contributed by atoms with van der Waals surface area (Å²) >= 11 is 7.49. The fourth-order valence-corrected chi connectivity index (χ4v) is 5.65. The van der Waals surface area contributed by atoms with Crippen molar-refractivity contribution >= 4 is 33.8 Å². The molecule has 9 nitrogen and oxygen atoms in total. The van der Waals surface area contributed by atoms with Crippen molar-refractivity contribution in [1.82, 2.24) is 18.7 Å². The standard InChI is InChI=1S/C23H20ClN5O4S/c1-27-20-17(22(31)28(2)23(27)32)18(13-5-3-4-12(6-13)7-25)29-8-14(9-30)33-10-15(19(20)29)21-26-16(24)11-34-21/h3-6,11,14-15,30H,8-10H2,1-2H3. The van der Waals surface area contributed by atoms with E-state index in [-0.39, 0.29) is 19.8 Å². The van der Waals surface area contributed by atoms with Gasteiger partial charge in [0.25, 0.3) is 5.56 Å². The molecule has 1 N–H and O–H groups in total. The van der Waals surface area contributed by atoms with E-state index in [9.17, 15) is 20.0 Å². The van der Waals surface area contributed by atoms with E-state index in [2.05, 4.69) is 11.1 Å². The Morgan fingerprint density at radius 2 is 2.12 bits per heavy atom. The van der Waals surface area contributed by atoms with E-state index in [4.69, 9.17) is 16.3 Å². The van der Waals surface area contributed by atoms with Crippen LogP contribution < -0.4 is 11.2 Å². The number of aryl methyl sites for hydroxylation is 1. The number of aliphatic hydroxyl groups is 1. The molecule has 0 saturated heterocycles. The summed E-state index contributed by atoms with van der Waals surface area (Å²) in [5.41, 5.74) is 1.93. The molecule has 0 radical (unpaired) electrons. The van der Waals surface area contributed by atoms with Crippen molar-refractivity contribution < 1.29 is 9.84 Å². The predicted octanol–water partition coefficient (Wildman–Crippen LogP) is 2.21. The largest absolute Gasteiger partial charge is 0.394 e. The van der Waals surface area contributed by atoms with Gasteiger partial charge in [-0.3, -0.25) is 13.9 Å². The van der Waals surface area contributed by atoms with Crippen LogP contribution >= 0.6 is 22.9 Å². The number of aliphatic hydroxyl groups excluding tert-OH is 1. The number of ether oxygens (including phenoxy) is 1. The van der Waals surface area contributed by atoms with Gasteiger partial charge in [0, 0.05) is 25.0 Å². The summed E-state index contributed by atoms with van der Waals surface area (Å²) in [6.07, 6.45) is -0.542. The van der Waals surface area contributed by atoms with E-state index in [0.717, 1.165) is 4.57 Å². The van der Waals surface area contributed by atoms with Crippen molar-refractivity contribution in [3.63, 3.8) is 0 Å². The lowest BCUT2D eigenvalue weighted by molar-refractivity contribution is 0.00850. The number of rotatable bonds is 3. The third-order valence-corrected chi connectivity index (χ3v) is 7.46. The van der Waals surface area contributed by atoms with Crippen LogP contribution in [0, 0.1) is 11.3 Å². The molecule has 5 rings (SSSR count). The fraction of sp³-hybridized carbons (Fsp3) is 0.304. The lowest BCUT2D eigenvalue weighted by Crippen LogP contribution is -2.37. The molecule has 0 amide bonds. The Labute approximate surface area is 202 Å². The summed E-state index contributed by atoms with van der Waals surface area (Å²) in [4.78, 5) is 30.9. The molecule has 2 atom stereocenters. The van der Waals surface area contributed by atoms with E-state index >= 15 is 0 Å². The molecule has 1 aromatic carbocycles. The van der Waals surface area contributed by atoms with Crippen LogP contribution in [0.15, 0.2) is 39.2 Å². The SMILES string of the molecule is Cn1c(=O)c2c(-c3cccc(C#N)c3)n3c(c2n(C)c1=O)C(c1nc(Cl)cs1)COC(CO)C3. The van der Waals surface area contributed by atoms with Gasteiger partial charge in [0.15, 0.2) is 0 Å². The van der Waals surface area contributed by atoms with Crippen molar-refractivity contribution in [3.8, 4) is 17.3 Å². The summed E-state index contributed by atoms with van der Waals surface area (Å²) in [6, 6.07) is 9.11. The zero-order valence-corrected chi connectivity index (χ0v) is 19.9. The van der Waals surface area contributed by atoms with Gasteiger partial charge in [-0.05, 0) is 12.1 Å². The zero-order chi connectivity index (χ0) is 24.1. The molecule has 0 bridgehead atoms. The highest BCUT2D eigenvalue weighted by molar-refractivity contribution is 7.10. The Hall–Kier alpha value is -3.23. The van der Waals surface area contributed by atoms with Crippen molar-refractivity contribution in [1.29, 1.82) is 5.26 Å². The predicted molar refractivity (Wildman–Crippen MR) is 128 cm³/mol. The number of hydrogen-bond acceptors (Lipinski definition) is 7. The smallest absolute Gasteiger partial charge is 0.331 e. The first kappa shape index (κ1) is 22.6. The third-order valence-electron chi connectivity index (χ3n) is 6.18. The molecule has 3 aromatic heterocycles. The van der Waals surface area contributed by atoms with Gasteiger partial charge in [-0.1, -0.05) is 23.7 Å². The van der Waals surface area contributed by atoms with Gasteiger partial charge in [0.2, 0.25) is 0 Å². The molecule has 4 aromatic rings. The summed E-state index contributed by atoms with van der Waals surface area (Å²) in [6.45, 7) is 0.211. The summed E-state index contributed by atoms with van der Waals surface area (Å²) in [5, 5.41) is 22.6. The topological polar surface area (TPSA) is 115 Å². The lowest BCUT2D eigenvalue weighted by Gasteiger charge is -2.16. The molecular weight excluding hydrogens is 478 g/mol. The maximum Gasteiger partial charge on any atom is 0.331 e. The van der Waals surface area contributed by atoms with Crippen LogP contribution in [0.25, 0.3) is 22.2 Å². The van der Waals surface area contributed by atoms with E-state index in [1.807, 2.05) is 10.6 Å². The minimum absolute atomic E-state index is 0.190. The van der Waals surface area contributed by atoms with E-state index in [0.29, 0.717) is 43.6 Å². The van der Waals surface area contributed by atoms with E-state index in [1.54, 1.807) is 30.6 Å². The lowest BCUT2D eigenvalue weighted by atomic mass is 10.0. The molecule has 0 fully saturated rings. The Morgan fingerprint density at radius 3 is 2.79 bits per heavy atom. The second-order valence-electron chi connectivity index (χ2n) is 8.17. The van der Waals surface area contributed by atoms with E-state index < -0.39 is 23.3 Å². The number of nitriles is 1. The van der Waals surface area contributed by atoms with Gasteiger partial charge in [-0.2, -0.15) is 5.26 Å². The summed E-state index contributed by atoms with van der Waals surface area (Å²) in [7, 11) is 3.07. The Balaban J connectivity index is 1.98. The molecule has 0 aliphatic carbocycles. The summed E-state index contributed by atoms with van der Waals surface area (Å²) < 4.78 is 10.5. The minimum atomic E-state index is -0.542. The van der Waals surface area contributed by atoms with Crippen LogP contribution in [0.1, 0.15) is 22.2 Å². The molecule has 34 heavy (non-hydrogen) atoms. The minimum Gasteiger partial charge on any atom is -0.394 e. The van der Waals surface area contributed by atoms with Crippen LogP contribution in [0.2, 0.25) is 5.15 Å². The van der Waals surface area contributed by atoms with Crippen LogP contribution in [-0.2, 0) is 25.4 Å². The highest BCUT2D eigenvalue weighted by atomic mass is 35.5. The first-order valence-electron chi connectivity index (χ1n) is 10.5. The second-order valence-corrected chi connectivity index (χ2v) is 9.44. The fourth-order valence-electron chi connectivity index (χ4n) is 4.61. The Bertz CT molecular complexity index is 1590. The van der Waals surface area contributed by atoms with E-state index in [1.165, 1.54) is 23.0 Å². The third kappa shape index (κ3) is 3.40. The normalized spacial score (nSPS) is 18.0. The number of fused-ring (bicyclic) bond motifs is 3. The quantitative estimate of drug-likeness (QED) is 0.464. The first-order valence-corrected chi connectivity index (χ1v) is 11.8. The first-order chi connectivity index (χ1) is 16.3. The van der Waals surface area contributed by atoms with Crippen molar-refractivity contribution in [2.24, 2.45) is 14.1 Å². The summed E-state index contributed by atoms with van der Waals surface area (Å²) in [5.74, 6) is -0.429. The maximum absolute atomic E-state index is 13.5. The molecule has 4 heterocycles. The number of thiazole rings is 1. The number of halogens is 1. The molecule has 0 saturated carbocycles. The van der Waals surface area contributed by atoms with Gasteiger partial charge < -0.3 is 14.4 Å². The number of benzene rings is 1. The molecular formula is C23H20ClN5O4S. The highest BCUT2D eigenvalue weighted by Crippen LogP contribution is 2.41. The zero-order valence-electron chi connectivity index (χ0n) is 18.4. The Kier molecular flexibility index (Phi) is 5.65. The highest BCUT2D eigenvalue weighted by Gasteiger charge is 2.35. The average molecular weight is 498 g/mol. The van der Waals surface area contributed by atoms with Crippen molar-refractivity contribution in [3.05, 3.63) is 71.9 Å². The number of nitrogens with zero attached hydrogens (tertiary/aromatic N) is 5. The molecule has 11 heteroatoms. The molecule has 0 spiro atoms. The second kappa shape index (κ2) is 8.52. The average Bonchev–Trinajstić information content (AvgIpc) is 3.36. The van der Waals surface area contributed by atoms with Crippen molar-refractivity contribution in [2.75, 3.05) is 13.2 Å². The van der Waals surface area contributed by atoms with Crippen LogP contribution in [-0.4, -0.2) is 43.1 Å². The van der Waals surface area contributed by atoms with Gasteiger partial charge in [-0.15, -0.1) is 11.3 Å². The van der Waals surface area contributed by atoms with Gasteiger partial charge in [0.1, 0.15) is 10.2 Å². The van der Waals surface area contributed by atoms with Gasteiger partial charge >= 0.3 is 5.69 Å².